The summed E-state index contributed by atoms with van der Waals surface area (Å²) in [6.07, 6.45) is 10.4. The molecule has 0 amide bonds. The molecule has 196 valence electrons. The third kappa shape index (κ3) is 4.17. The summed E-state index contributed by atoms with van der Waals surface area (Å²) in [5.74, 6) is 2.24. The minimum atomic E-state index is -0.226. The highest BCUT2D eigenvalue weighted by Crippen LogP contribution is 2.64. The molecule has 7 atom stereocenters. The molecule has 0 aromatic carbocycles. The second-order valence-electron chi connectivity index (χ2n) is 14.3. The number of esters is 1. The van der Waals surface area contributed by atoms with Crippen molar-refractivity contribution in [1.29, 1.82) is 0 Å². The second kappa shape index (κ2) is 8.88. The van der Waals surface area contributed by atoms with Gasteiger partial charge in [-0.25, -0.2) is 0 Å². The van der Waals surface area contributed by atoms with E-state index in [-0.39, 0.29) is 33.7 Å². The first-order valence-corrected chi connectivity index (χ1v) is 14.2. The Hall–Kier alpha value is -1.38. The molecule has 0 spiro atoms. The fourth-order valence-corrected chi connectivity index (χ4v) is 9.94. The van der Waals surface area contributed by atoms with Crippen LogP contribution in [0.25, 0.3) is 0 Å². The van der Waals surface area contributed by atoms with Gasteiger partial charge in [0.2, 0.25) is 0 Å². The standard InChI is InChI=1S/C32H50O3/c1-20-10-14-25-29(4,5)27(34)16-18-31(25,8)23(20)12-13-24-21(2)11-15-26-30(6,7)28(35-22(3)33)17-19-32(24,26)9/h23-26,28H,1-2,10-19H2,3-9H3. The minimum Gasteiger partial charge on any atom is -0.462 e. The van der Waals surface area contributed by atoms with E-state index in [9.17, 15) is 9.59 Å². The first-order chi connectivity index (χ1) is 16.2. The predicted molar refractivity (Wildman–Crippen MR) is 143 cm³/mol. The summed E-state index contributed by atoms with van der Waals surface area (Å²) in [7, 11) is 0. The zero-order valence-corrected chi connectivity index (χ0v) is 23.6. The third-order valence-electron chi connectivity index (χ3n) is 11.9. The number of Topliss-reactive ketones (excluding diaryl/α,β-unsaturated/α-hetero) is 1. The molecule has 35 heavy (non-hydrogen) atoms. The number of ether oxygens (including phenoxy) is 1. The summed E-state index contributed by atoms with van der Waals surface area (Å²) in [5, 5.41) is 0. The Morgan fingerprint density at radius 3 is 1.89 bits per heavy atom. The van der Waals surface area contributed by atoms with Gasteiger partial charge < -0.3 is 4.74 Å². The zero-order chi connectivity index (χ0) is 26.0. The Bertz CT molecular complexity index is 910. The van der Waals surface area contributed by atoms with Crippen molar-refractivity contribution < 1.29 is 14.3 Å². The van der Waals surface area contributed by atoms with Gasteiger partial charge in [-0.05, 0) is 92.3 Å². The number of ketones is 1. The molecule has 4 saturated carbocycles. The lowest BCUT2D eigenvalue weighted by Gasteiger charge is -2.60. The van der Waals surface area contributed by atoms with Gasteiger partial charge in [0, 0.05) is 24.2 Å². The largest absolute Gasteiger partial charge is 0.462 e. The molecule has 0 bridgehead atoms. The molecule has 4 rings (SSSR count). The fraction of sp³-hybridized carbons (Fsp3) is 0.812. The Kier molecular flexibility index (Phi) is 6.76. The van der Waals surface area contributed by atoms with Gasteiger partial charge in [-0.15, -0.1) is 0 Å². The van der Waals surface area contributed by atoms with Crippen LogP contribution in [0.3, 0.4) is 0 Å². The van der Waals surface area contributed by atoms with E-state index in [0.29, 0.717) is 35.9 Å². The van der Waals surface area contributed by atoms with Crippen LogP contribution < -0.4 is 0 Å². The summed E-state index contributed by atoms with van der Waals surface area (Å²) in [4.78, 5) is 24.6. The SMILES string of the molecule is C=C1CCC2C(C)(C)C(=O)CCC2(C)C1CCC1C(=C)CCC2C(C)(C)C(OC(C)=O)CCC12C. The number of allylic oxidation sites excluding steroid dienone is 2. The molecule has 4 aliphatic carbocycles. The van der Waals surface area contributed by atoms with Crippen molar-refractivity contribution >= 4 is 11.8 Å². The highest BCUT2D eigenvalue weighted by atomic mass is 16.5. The normalized spacial score (nSPS) is 42.7. The van der Waals surface area contributed by atoms with Crippen molar-refractivity contribution in [2.24, 2.45) is 45.3 Å². The molecule has 0 aromatic heterocycles. The van der Waals surface area contributed by atoms with Crippen LogP contribution in [0.5, 0.6) is 0 Å². The lowest BCUT2D eigenvalue weighted by atomic mass is 9.44. The van der Waals surface area contributed by atoms with E-state index in [1.165, 1.54) is 11.1 Å². The average molecular weight is 483 g/mol. The van der Waals surface area contributed by atoms with E-state index < -0.39 is 0 Å². The molecular formula is C32H50O3. The molecule has 0 radical (unpaired) electrons. The lowest BCUT2D eigenvalue weighted by Crippen LogP contribution is -2.56. The molecule has 3 nitrogen and oxygen atoms in total. The number of carbonyl (C=O) groups is 2. The van der Waals surface area contributed by atoms with Crippen molar-refractivity contribution in [1.82, 2.24) is 0 Å². The summed E-state index contributed by atoms with van der Waals surface area (Å²) >= 11 is 0. The highest BCUT2D eigenvalue weighted by Gasteiger charge is 2.59. The van der Waals surface area contributed by atoms with E-state index in [0.717, 1.165) is 57.8 Å². The Morgan fingerprint density at radius 1 is 0.829 bits per heavy atom. The van der Waals surface area contributed by atoms with Gasteiger partial charge in [0.15, 0.2) is 0 Å². The van der Waals surface area contributed by atoms with Gasteiger partial charge in [-0.1, -0.05) is 65.8 Å². The highest BCUT2D eigenvalue weighted by molar-refractivity contribution is 5.85. The van der Waals surface area contributed by atoms with Crippen LogP contribution in [0.1, 0.15) is 113 Å². The number of hydrogen-bond donors (Lipinski definition) is 0. The summed E-state index contributed by atoms with van der Waals surface area (Å²) in [5.41, 5.74) is 2.93. The van der Waals surface area contributed by atoms with Gasteiger partial charge in [-0.3, -0.25) is 9.59 Å². The lowest BCUT2D eigenvalue weighted by molar-refractivity contribution is -0.174. The van der Waals surface area contributed by atoms with Gasteiger partial charge in [0.25, 0.3) is 0 Å². The average Bonchev–Trinajstić information content (AvgIpc) is 2.74. The molecule has 0 aromatic rings. The maximum absolute atomic E-state index is 12.8. The third-order valence-corrected chi connectivity index (χ3v) is 11.9. The van der Waals surface area contributed by atoms with Gasteiger partial charge in [0.05, 0.1) is 0 Å². The molecule has 7 unspecified atom stereocenters. The van der Waals surface area contributed by atoms with Crippen LogP contribution in [-0.4, -0.2) is 17.9 Å². The first-order valence-electron chi connectivity index (χ1n) is 14.2. The molecule has 0 N–H and O–H groups in total. The van der Waals surface area contributed by atoms with Crippen LogP contribution in [0, 0.1) is 45.3 Å². The van der Waals surface area contributed by atoms with Crippen molar-refractivity contribution in [3.8, 4) is 0 Å². The molecule has 0 aliphatic heterocycles. The minimum absolute atomic E-state index is 0.00453. The van der Waals surface area contributed by atoms with Crippen LogP contribution in [0.15, 0.2) is 24.3 Å². The summed E-state index contributed by atoms with van der Waals surface area (Å²) in [6.45, 7) is 24.7. The number of hydrogen-bond acceptors (Lipinski definition) is 3. The van der Waals surface area contributed by atoms with E-state index in [1.807, 2.05) is 0 Å². The van der Waals surface area contributed by atoms with Crippen LogP contribution in [0.4, 0.5) is 0 Å². The van der Waals surface area contributed by atoms with Crippen molar-refractivity contribution in [3.63, 3.8) is 0 Å². The molecule has 3 heteroatoms. The van der Waals surface area contributed by atoms with Crippen LogP contribution in [0.2, 0.25) is 0 Å². The van der Waals surface area contributed by atoms with Crippen molar-refractivity contribution in [2.75, 3.05) is 0 Å². The van der Waals surface area contributed by atoms with Crippen LogP contribution >= 0.6 is 0 Å². The molecule has 4 fully saturated rings. The van der Waals surface area contributed by atoms with Crippen molar-refractivity contribution in [2.45, 2.75) is 119 Å². The predicted octanol–water partition coefficient (Wildman–Crippen LogP) is 8.08. The monoisotopic (exact) mass is 482 g/mol. The molecule has 0 heterocycles. The number of rotatable bonds is 4. The van der Waals surface area contributed by atoms with Gasteiger partial charge >= 0.3 is 5.97 Å². The number of carbonyl (C=O) groups excluding carboxylic acids is 2. The van der Waals surface area contributed by atoms with Gasteiger partial charge in [0.1, 0.15) is 11.9 Å². The Morgan fingerprint density at radius 2 is 1.34 bits per heavy atom. The smallest absolute Gasteiger partial charge is 0.302 e. The maximum Gasteiger partial charge on any atom is 0.302 e. The Balaban J connectivity index is 1.57. The second-order valence-corrected chi connectivity index (χ2v) is 14.3. The van der Waals surface area contributed by atoms with E-state index >= 15 is 0 Å². The van der Waals surface area contributed by atoms with E-state index in [4.69, 9.17) is 4.74 Å². The summed E-state index contributed by atoms with van der Waals surface area (Å²) < 4.78 is 5.83. The van der Waals surface area contributed by atoms with E-state index in [1.54, 1.807) is 6.92 Å². The summed E-state index contributed by atoms with van der Waals surface area (Å²) in [6, 6.07) is 0. The van der Waals surface area contributed by atoms with E-state index in [2.05, 4.69) is 54.7 Å². The quantitative estimate of drug-likeness (QED) is 0.300. The molecular weight excluding hydrogens is 432 g/mol. The molecule has 0 saturated heterocycles. The van der Waals surface area contributed by atoms with Crippen molar-refractivity contribution in [3.05, 3.63) is 24.3 Å². The maximum atomic E-state index is 12.8. The first kappa shape index (κ1) is 26.7. The van der Waals surface area contributed by atoms with Crippen LogP contribution in [-0.2, 0) is 14.3 Å². The zero-order valence-electron chi connectivity index (χ0n) is 23.6. The Labute approximate surface area is 214 Å². The number of fused-ring (bicyclic) bond motifs is 2. The fourth-order valence-electron chi connectivity index (χ4n) is 9.94. The molecule has 4 aliphatic rings. The van der Waals surface area contributed by atoms with Gasteiger partial charge in [-0.2, -0.15) is 0 Å². The topological polar surface area (TPSA) is 43.4 Å².